The molecule has 5 aromatic carbocycles. The molecule has 0 atom stereocenters. The highest BCUT2D eigenvalue weighted by Gasteiger charge is 2.51. The van der Waals surface area contributed by atoms with E-state index < -0.39 is 5.41 Å². The number of nitrogens with zero attached hydrogens (tertiary/aromatic N) is 1. The lowest BCUT2D eigenvalue weighted by molar-refractivity contribution is 0.0925. The molecule has 1 N–H and O–H groups in total. The Kier molecular flexibility index (Phi) is 8.13. The predicted octanol–water partition coefficient (Wildman–Crippen LogP) is 10.6. The Balaban J connectivity index is 1.64. The molecule has 2 aliphatic rings. The van der Waals surface area contributed by atoms with Crippen LogP contribution in [0.4, 0.5) is 5.69 Å². The molecule has 1 aliphatic heterocycles. The SMILES string of the molecule is CCCCC1(CCCC)c2cc(C(C)(C)c3ccccc3)c3c(c2-c2c1cc(C)c1cc(OC)ccc21)C(=O)N(c1ccc(O)cc1)C3=O. The molecule has 1 aliphatic carbocycles. The first-order valence-electron chi connectivity index (χ1n) is 17.7. The molecule has 0 unspecified atom stereocenters. The number of hydrogen-bond donors (Lipinski definition) is 1. The number of methoxy groups -OCH3 is 1. The van der Waals surface area contributed by atoms with Gasteiger partial charge in [-0.05, 0) is 100 Å². The maximum atomic E-state index is 15.0. The van der Waals surface area contributed by atoms with E-state index >= 15 is 4.79 Å². The molecule has 5 heteroatoms. The molecule has 0 spiro atoms. The summed E-state index contributed by atoms with van der Waals surface area (Å²) in [6, 6.07) is 27.5. The van der Waals surface area contributed by atoms with E-state index in [1.807, 2.05) is 24.3 Å². The number of carbonyl (C=O) groups excluding carboxylic acids is 2. The van der Waals surface area contributed by atoms with E-state index in [4.69, 9.17) is 4.74 Å². The number of unbranched alkanes of at least 4 members (excludes halogenated alkanes) is 2. The third-order valence-corrected chi connectivity index (χ3v) is 11.2. The fourth-order valence-corrected chi connectivity index (χ4v) is 8.53. The molecular weight excluding hydrogens is 606 g/mol. The monoisotopic (exact) mass is 651 g/mol. The zero-order chi connectivity index (χ0) is 34.7. The van der Waals surface area contributed by atoms with Crippen LogP contribution < -0.4 is 9.64 Å². The summed E-state index contributed by atoms with van der Waals surface area (Å²) in [5.74, 6) is 0.219. The third kappa shape index (κ3) is 4.88. The summed E-state index contributed by atoms with van der Waals surface area (Å²) in [7, 11) is 1.69. The van der Waals surface area contributed by atoms with Crippen LogP contribution >= 0.6 is 0 Å². The van der Waals surface area contributed by atoms with Gasteiger partial charge in [0.2, 0.25) is 0 Å². The fourth-order valence-electron chi connectivity index (χ4n) is 8.53. The van der Waals surface area contributed by atoms with Gasteiger partial charge in [-0.3, -0.25) is 9.59 Å². The van der Waals surface area contributed by atoms with E-state index in [-0.39, 0.29) is 23.0 Å². The number of hydrogen-bond acceptors (Lipinski definition) is 4. The number of imide groups is 1. The van der Waals surface area contributed by atoms with Crippen molar-refractivity contribution in [2.75, 3.05) is 12.0 Å². The topological polar surface area (TPSA) is 66.8 Å². The van der Waals surface area contributed by atoms with Gasteiger partial charge in [-0.25, -0.2) is 4.90 Å². The number of ether oxygens (including phenoxy) is 1. The summed E-state index contributed by atoms with van der Waals surface area (Å²) in [6.45, 7) is 11.0. The number of benzene rings is 5. The van der Waals surface area contributed by atoms with Crippen molar-refractivity contribution in [3.05, 3.63) is 124 Å². The second-order valence-electron chi connectivity index (χ2n) is 14.4. The van der Waals surface area contributed by atoms with Gasteiger partial charge in [0, 0.05) is 16.4 Å². The second-order valence-corrected chi connectivity index (χ2v) is 14.4. The number of carbonyl (C=O) groups is 2. The summed E-state index contributed by atoms with van der Waals surface area (Å²) in [5.41, 5.74) is 8.04. The summed E-state index contributed by atoms with van der Waals surface area (Å²) >= 11 is 0. The molecule has 0 radical (unpaired) electrons. The van der Waals surface area contributed by atoms with Crippen LogP contribution in [0.25, 0.3) is 21.9 Å². The Labute approximate surface area is 289 Å². The quantitative estimate of drug-likeness (QED) is 0.153. The van der Waals surface area contributed by atoms with Crippen molar-refractivity contribution in [2.24, 2.45) is 0 Å². The van der Waals surface area contributed by atoms with Crippen molar-refractivity contribution >= 4 is 28.3 Å². The first kappa shape index (κ1) is 32.6. The Morgan fingerprint density at radius 1 is 0.735 bits per heavy atom. The average Bonchev–Trinajstić information content (AvgIpc) is 3.53. The highest BCUT2D eigenvalue weighted by atomic mass is 16.5. The number of phenols is 1. The van der Waals surface area contributed by atoms with Gasteiger partial charge in [0.05, 0.1) is 23.9 Å². The van der Waals surface area contributed by atoms with E-state index in [1.165, 1.54) is 33.7 Å². The average molecular weight is 652 g/mol. The number of aromatic hydroxyl groups is 1. The zero-order valence-corrected chi connectivity index (χ0v) is 29.4. The maximum Gasteiger partial charge on any atom is 0.266 e. The summed E-state index contributed by atoms with van der Waals surface area (Å²) in [4.78, 5) is 31.2. The van der Waals surface area contributed by atoms with Crippen LogP contribution in [-0.2, 0) is 10.8 Å². The molecule has 5 nitrogen and oxygen atoms in total. The number of aryl methyl sites for hydroxylation is 1. The fraction of sp³-hybridized carbons (Fsp3) is 0.318. The van der Waals surface area contributed by atoms with Gasteiger partial charge >= 0.3 is 0 Å². The smallest absolute Gasteiger partial charge is 0.266 e. The minimum atomic E-state index is -0.581. The van der Waals surface area contributed by atoms with Crippen LogP contribution in [-0.4, -0.2) is 24.0 Å². The summed E-state index contributed by atoms with van der Waals surface area (Å²) < 4.78 is 5.66. The van der Waals surface area contributed by atoms with Crippen LogP contribution in [0.1, 0.15) is 115 Å². The highest BCUT2D eigenvalue weighted by molar-refractivity contribution is 6.37. The van der Waals surface area contributed by atoms with Crippen molar-refractivity contribution in [3.8, 4) is 22.6 Å². The molecule has 49 heavy (non-hydrogen) atoms. The standard InChI is InChI=1S/C44H45NO4/c1-7-9-22-44(23-10-8-2)35-24-27(3)33-25-31(49-6)20-21-32(33)37(35)38-36(44)26-34(43(4,5)28-14-12-11-13-15-28)39-40(38)42(48)45(41(39)47)29-16-18-30(46)19-17-29/h11-21,24-26,46H,7-10,22-23H2,1-6H3. The van der Waals surface area contributed by atoms with Gasteiger partial charge in [-0.15, -0.1) is 0 Å². The van der Waals surface area contributed by atoms with Crippen molar-refractivity contribution in [1.29, 1.82) is 0 Å². The number of anilines is 1. The Bertz CT molecular complexity index is 2100. The minimum Gasteiger partial charge on any atom is -0.508 e. The lowest BCUT2D eigenvalue weighted by atomic mass is 9.68. The molecule has 0 saturated heterocycles. The first-order valence-corrected chi connectivity index (χ1v) is 17.7. The second kappa shape index (κ2) is 12.2. The molecule has 0 fully saturated rings. The van der Waals surface area contributed by atoms with E-state index in [9.17, 15) is 9.90 Å². The van der Waals surface area contributed by atoms with E-state index in [1.54, 1.807) is 19.2 Å². The van der Waals surface area contributed by atoms with E-state index in [0.29, 0.717) is 16.8 Å². The van der Waals surface area contributed by atoms with Gasteiger partial charge in [0.1, 0.15) is 11.5 Å². The lowest BCUT2D eigenvalue weighted by Gasteiger charge is -2.35. The number of phenolic OH excluding ortho intramolecular Hbond substituents is 1. The molecular formula is C44H45NO4. The molecule has 250 valence electrons. The molecule has 5 aromatic rings. The van der Waals surface area contributed by atoms with Crippen LogP contribution in [0.15, 0.2) is 84.9 Å². The lowest BCUT2D eigenvalue weighted by Crippen LogP contribution is -2.30. The van der Waals surface area contributed by atoms with E-state index in [2.05, 4.69) is 71.0 Å². The Morgan fingerprint density at radius 2 is 1.37 bits per heavy atom. The predicted molar refractivity (Wildman–Crippen MR) is 198 cm³/mol. The molecule has 0 saturated carbocycles. The van der Waals surface area contributed by atoms with Crippen LogP contribution in [0.2, 0.25) is 0 Å². The number of amides is 2. The minimum absolute atomic E-state index is 0.0787. The van der Waals surface area contributed by atoms with Crippen molar-refractivity contribution in [3.63, 3.8) is 0 Å². The normalized spacial score (nSPS) is 14.7. The first-order chi connectivity index (χ1) is 23.6. The van der Waals surface area contributed by atoms with Gasteiger partial charge in [-0.2, -0.15) is 0 Å². The van der Waals surface area contributed by atoms with Gasteiger partial charge < -0.3 is 9.84 Å². The highest BCUT2D eigenvalue weighted by Crippen LogP contribution is 2.60. The van der Waals surface area contributed by atoms with Gasteiger partial charge in [0.25, 0.3) is 11.8 Å². The Hall–Kier alpha value is -4.90. The summed E-state index contributed by atoms with van der Waals surface area (Å²) in [5, 5.41) is 12.2. The molecule has 2 amide bonds. The van der Waals surface area contributed by atoms with E-state index in [0.717, 1.165) is 77.3 Å². The molecule has 0 aromatic heterocycles. The van der Waals surface area contributed by atoms with Crippen molar-refractivity contribution in [2.45, 2.75) is 84.0 Å². The zero-order valence-electron chi connectivity index (χ0n) is 29.4. The van der Waals surface area contributed by atoms with Gasteiger partial charge in [0.15, 0.2) is 0 Å². The van der Waals surface area contributed by atoms with Crippen LogP contribution in [0, 0.1) is 6.92 Å². The number of rotatable bonds is 10. The summed E-state index contributed by atoms with van der Waals surface area (Å²) in [6.07, 6.45) is 6.12. The van der Waals surface area contributed by atoms with Crippen molar-refractivity contribution in [1.82, 2.24) is 0 Å². The van der Waals surface area contributed by atoms with Crippen LogP contribution in [0.5, 0.6) is 11.5 Å². The van der Waals surface area contributed by atoms with Crippen LogP contribution in [0.3, 0.4) is 0 Å². The van der Waals surface area contributed by atoms with Crippen molar-refractivity contribution < 1.29 is 19.4 Å². The maximum absolute atomic E-state index is 15.0. The Morgan fingerprint density at radius 3 is 2.00 bits per heavy atom. The third-order valence-electron chi connectivity index (χ3n) is 11.2. The van der Waals surface area contributed by atoms with Gasteiger partial charge in [-0.1, -0.05) is 102 Å². The number of fused-ring (bicyclic) bond motifs is 7. The molecule has 0 bridgehead atoms. The largest absolute Gasteiger partial charge is 0.508 e. The molecule has 7 rings (SSSR count). The molecule has 1 heterocycles.